The average molecular weight is 316 g/mol. The van der Waals surface area contributed by atoms with Crippen LogP contribution in [0, 0.1) is 11.3 Å². The van der Waals surface area contributed by atoms with Crippen LogP contribution in [0.3, 0.4) is 0 Å². The zero-order valence-corrected chi connectivity index (χ0v) is 14.3. The zero-order chi connectivity index (χ0) is 16.4. The van der Waals surface area contributed by atoms with Crippen LogP contribution in [0.4, 0.5) is 5.95 Å². The van der Waals surface area contributed by atoms with Crippen LogP contribution >= 0.6 is 0 Å². The number of hydrogen-bond donors (Lipinski definition) is 2. The molecule has 1 heterocycles. The van der Waals surface area contributed by atoms with Gasteiger partial charge in [0.15, 0.2) is 0 Å². The van der Waals surface area contributed by atoms with Crippen molar-refractivity contribution in [3.05, 3.63) is 17.5 Å². The summed E-state index contributed by atoms with van der Waals surface area (Å²) in [6.45, 7) is 4.51. The summed E-state index contributed by atoms with van der Waals surface area (Å²) in [5.74, 6) is 0.937. The van der Waals surface area contributed by atoms with Crippen molar-refractivity contribution >= 4 is 11.9 Å². The van der Waals surface area contributed by atoms with Crippen molar-refractivity contribution in [1.82, 2.24) is 9.97 Å². The summed E-state index contributed by atoms with van der Waals surface area (Å²) in [5, 5.41) is 3.44. The lowest BCUT2D eigenvalue weighted by Crippen LogP contribution is -2.26. The summed E-state index contributed by atoms with van der Waals surface area (Å²) in [6, 6.07) is 0.451. The molecular weight excluding hydrogens is 288 g/mol. The molecule has 1 aromatic rings. The van der Waals surface area contributed by atoms with E-state index in [-0.39, 0.29) is 5.41 Å². The minimum absolute atomic E-state index is 0.153. The number of anilines is 1. The molecule has 0 aromatic carbocycles. The molecule has 0 atom stereocenters. The van der Waals surface area contributed by atoms with Gasteiger partial charge in [0.25, 0.3) is 5.91 Å². The van der Waals surface area contributed by atoms with Crippen molar-refractivity contribution in [2.45, 2.75) is 71.3 Å². The summed E-state index contributed by atoms with van der Waals surface area (Å²) in [6.07, 6.45) is 11.1. The van der Waals surface area contributed by atoms with E-state index in [1.807, 2.05) is 0 Å². The molecule has 1 amide bonds. The van der Waals surface area contributed by atoms with Gasteiger partial charge < -0.3 is 11.1 Å². The maximum Gasteiger partial charge on any atom is 0.252 e. The minimum Gasteiger partial charge on any atom is -0.365 e. The van der Waals surface area contributed by atoms with E-state index in [4.69, 9.17) is 5.73 Å². The molecule has 0 radical (unpaired) electrons. The van der Waals surface area contributed by atoms with E-state index in [0.29, 0.717) is 17.6 Å². The number of aromatic nitrogens is 2. The highest BCUT2D eigenvalue weighted by Gasteiger charge is 2.38. The molecule has 0 spiro atoms. The van der Waals surface area contributed by atoms with E-state index in [2.05, 4.69) is 29.1 Å². The Hall–Kier alpha value is -1.65. The lowest BCUT2D eigenvalue weighted by Gasteiger charge is -2.26. The Morgan fingerprint density at radius 2 is 1.96 bits per heavy atom. The van der Waals surface area contributed by atoms with Crippen molar-refractivity contribution in [3.63, 3.8) is 0 Å². The van der Waals surface area contributed by atoms with Crippen LogP contribution in [0.5, 0.6) is 0 Å². The Morgan fingerprint density at radius 1 is 1.26 bits per heavy atom. The number of primary amides is 1. The van der Waals surface area contributed by atoms with Crippen LogP contribution < -0.4 is 11.1 Å². The SMILES string of the molecule is CC(C)(Cc1nc(NC2CCCCC2)ncc1C(N)=O)C1CC1. The van der Waals surface area contributed by atoms with Gasteiger partial charge in [-0.05, 0) is 43.4 Å². The van der Waals surface area contributed by atoms with Gasteiger partial charge in [-0.15, -0.1) is 0 Å². The minimum atomic E-state index is -0.434. The Balaban J connectivity index is 1.79. The summed E-state index contributed by atoms with van der Waals surface area (Å²) >= 11 is 0. The van der Waals surface area contributed by atoms with Crippen molar-refractivity contribution in [1.29, 1.82) is 0 Å². The second kappa shape index (κ2) is 6.46. The van der Waals surface area contributed by atoms with Crippen LogP contribution in [0.15, 0.2) is 6.20 Å². The molecule has 2 saturated carbocycles. The highest BCUT2D eigenvalue weighted by molar-refractivity contribution is 5.93. The van der Waals surface area contributed by atoms with Gasteiger partial charge in [-0.1, -0.05) is 33.1 Å². The highest BCUT2D eigenvalue weighted by atomic mass is 16.1. The van der Waals surface area contributed by atoms with Crippen LogP contribution in [-0.2, 0) is 6.42 Å². The number of rotatable bonds is 6. The van der Waals surface area contributed by atoms with E-state index in [1.165, 1.54) is 44.9 Å². The molecule has 1 aromatic heterocycles. The molecule has 2 fully saturated rings. The molecule has 0 bridgehead atoms. The number of carbonyl (C=O) groups is 1. The number of carbonyl (C=O) groups excluding carboxylic acids is 1. The monoisotopic (exact) mass is 316 g/mol. The second-order valence-corrected chi connectivity index (χ2v) is 7.84. The lowest BCUT2D eigenvalue weighted by molar-refractivity contribution is 0.0998. The van der Waals surface area contributed by atoms with Crippen LogP contribution in [0.1, 0.15) is 74.8 Å². The predicted octanol–water partition coefficient (Wildman–Crippen LogP) is 3.30. The van der Waals surface area contributed by atoms with Crippen LogP contribution in [0.2, 0.25) is 0 Å². The number of nitrogens with zero attached hydrogens (tertiary/aromatic N) is 2. The van der Waals surface area contributed by atoms with Gasteiger partial charge in [0.1, 0.15) is 0 Å². The normalized spacial score (nSPS) is 19.6. The molecule has 2 aliphatic rings. The molecule has 126 valence electrons. The van der Waals surface area contributed by atoms with Gasteiger partial charge in [0, 0.05) is 12.2 Å². The van der Waals surface area contributed by atoms with Gasteiger partial charge in [-0.2, -0.15) is 0 Å². The van der Waals surface area contributed by atoms with E-state index < -0.39 is 5.91 Å². The van der Waals surface area contributed by atoms with Crippen LogP contribution in [0.25, 0.3) is 0 Å². The summed E-state index contributed by atoms with van der Waals surface area (Å²) in [7, 11) is 0. The van der Waals surface area contributed by atoms with E-state index in [0.717, 1.165) is 18.0 Å². The first-order valence-corrected chi connectivity index (χ1v) is 8.88. The fourth-order valence-corrected chi connectivity index (χ4v) is 3.70. The topological polar surface area (TPSA) is 80.9 Å². The van der Waals surface area contributed by atoms with Gasteiger partial charge in [0.2, 0.25) is 5.95 Å². The fourth-order valence-electron chi connectivity index (χ4n) is 3.70. The molecule has 5 heteroatoms. The quantitative estimate of drug-likeness (QED) is 0.843. The predicted molar refractivity (Wildman–Crippen MR) is 91.3 cm³/mol. The molecule has 23 heavy (non-hydrogen) atoms. The smallest absolute Gasteiger partial charge is 0.252 e. The standard InChI is InChI=1S/C18H28N4O/c1-18(2,12-8-9-12)10-15-14(16(19)23)11-20-17(22-15)21-13-6-4-3-5-7-13/h11-13H,3-10H2,1-2H3,(H2,19,23)(H,20,21,22). The van der Waals surface area contributed by atoms with Crippen LogP contribution in [-0.4, -0.2) is 21.9 Å². The Morgan fingerprint density at radius 3 is 2.57 bits per heavy atom. The summed E-state index contributed by atoms with van der Waals surface area (Å²) in [5.41, 5.74) is 6.93. The number of nitrogens with one attached hydrogen (secondary N) is 1. The summed E-state index contributed by atoms with van der Waals surface area (Å²) < 4.78 is 0. The molecule has 0 saturated heterocycles. The number of amides is 1. The maximum absolute atomic E-state index is 11.7. The molecule has 3 rings (SSSR count). The van der Waals surface area contributed by atoms with Gasteiger partial charge in [0.05, 0.1) is 11.3 Å². The molecule has 3 N–H and O–H groups in total. The van der Waals surface area contributed by atoms with Crippen molar-refractivity contribution in [2.75, 3.05) is 5.32 Å². The van der Waals surface area contributed by atoms with E-state index in [9.17, 15) is 4.79 Å². The molecule has 0 unspecified atom stereocenters. The van der Waals surface area contributed by atoms with Crippen molar-refractivity contribution < 1.29 is 4.79 Å². The first-order valence-electron chi connectivity index (χ1n) is 8.88. The number of nitrogens with two attached hydrogens (primary N) is 1. The molecule has 5 nitrogen and oxygen atoms in total. The van der Waals surface area contributed by atoms with Crippen molar-refractivity contribution in [3.8, 4) is 0 Å². The van der Waals surface area contributed by atoms with Gasteiger partial charge in [-0.3, -0.25) is 4.79 Å². The third-order valence-corrected chi connectivity index (χ3v) is 5.38. The van der Waals surface area contributed by atoms with Gasteiger partial charge >= 0.3 is 0 Å². The van der Waals surface area contributed by atoms with Crippen molar-refractivity contribution in [2.24, 2.45) is 17.1 Å². The fraction of sp³-hybridized carbons (Fsp3) is 0.722. The average Bonchev–Trinajstić information content (AvgIpc) is 3.33. The third kappa shape index (κ3) is 4.01. The van der Waals surface area contributed by atoms with E-state index >= 15 is 0 Å². The first-order chi connectivity index (χ1) is 11.0. The third-order valence-electron chi connectivity index (χ3n) is 5.38. The lowest BCUT2D eigenvalue weighted by atomic mass is 9.82. The number of hydrogen-bond acceptors (Lipinski definition) is 4. The zero-order valence-electron chi connectivity index (χ0n) is 14.3. The Kier molecular flexibility index (Phi) is 4.55. The van der Waals surface area contributed by atoms with E-state index in [1.54, 1.807) is 6.20 Å². The highest BCUT2D eigenvalue weighted by Crippen LogP contribution is 2.47. The molecule has 2 aliphatic carbocycles. The Labute approximate surface area is 138 Å². The molecular formula is C18H28N4O. The summed E-state index contributed by atoms with van der Waals surface area (Å²) in [4.78, 5) is 20.7. The first kappa shape index (κ1) is 16.2. The van der Waals surface area contributed by atoms with Gasteiger partial charge in [-0.25, -0.2) is 9.97 Å². The molecule has 0 aliphatic heterocycles. The largest absolute Gasteiger partial charge is 0.365 e. The Bertz CT molecular complexity index is 574. The second-order valence-electron chi connectivity index (χ2n) is 7.84. The maximum atomic E-state index is 11.7.